The molecule has 0 bridgehead atoms. The van der Waals surface area contributed by atoms with Gasteiger partial charge in [-0.2, -0.15) is 0 Å². The Morgan fingerprint density at radius 1 is 0.239 bits per heavy atom. The zero-order valence-corrected chi connectivity index (χ0v) is 36.5. The van der Waals surface area contributed by atoms with Gasteiger partial charge in [-0.15, -0.1) is 0 Å². The summed E-state index contributed by atoms with van der Waals surface area (Å²) in [5.74, 6) is 0.712. The maximum atomic E-state index is 5.16. The molecule has 0 amide bonds. The van der Waals surface area contributed by atoms with Crippen molar-refractivity contribution >= 4 is 32.3 Å². The monoisotopic (exact) mass is 848 g/mol. The summed E-state index contributed by atoms with van der Waals surface area (Å²) in [6.07, 6.45) is 0. The standard InChI is InChI=1S/C65H40N2/c1-3-17-41(18-4-1)61-40-62(67-64(66-61)42-19-5-2-6-20-42)46-22-15-21-43(37-46)44-33-35-54-55(38-44)49-24-8-7-23-48(49)53-29-16-28-47(63(53)54)45-34-36-60-56(39-45)52-27-11-14-32-59(52)65(60)57-30-12-9-25-50(57)51-26-10-13-31-58(51)65/h1-40H. The first-order chi connectivity index (χ1) is 33.2. The molecular weight excluding hydrogens is 809 g/mol. The van der Waals surface area contributed by atoms with Gasteiger partial charge < -0.3 is 0 Å². The van der Waals surface area contributed by atoms with E-state index in [-0.39, 0.29) is 5.41 Å². The van der Waals surface area contributed by atoms with Gasteiger partial charge in [-0.3, -0.25) is 0 Å². The molecule has 0 saturated carbocycles. The fourth-order valence-corrected chi connectivity index (χ4v) is 11.6. The van der Waals surface area contributed by atoms with Crippen LogP contribution in [0, 0.1) is 0 Å². The molecule has 2 aliphatic rings. The molecule has 14 rings (SSSR count). The molecule has 11 aromatic carbocycles. The molecule has 310 valence electrons. The molecule has 0 saturated heterocycles. The second-order valence-corrected chi connectivity index (χ2v) is 18.0. The van der Waals surface area contributed by atoms with Crippen molar-refractivity contribution in [3.05, 3.63) is 265 Å². The first-order valence-corrected chi connectivity index (χ1v) is 23.1. The summed E-state index contributed by atoms with van der Waals surface area (Å²) in [5, 5.41) is 7.53. The Hall–Kier alpha value is -8.72. The average molecular weight is 849 g/mol. The van der Waals surface area contributed by atoms with Crippen LogP contribution >= 0.6 is 0 Å². The van der Waals surface area contributed by atoms with Gasteiger partial charge in [-0.1, -0.05) is 218 Å². The molecule has 12 aromatic rings. The highest BCUT2D eigenvalue weighted by Gasteiger charge is 2.51. The van der Waals surface area contributed by atoms with Gasteiger partial charge in [0.2, 0.25) is 0 Å². The number of hydrogen-bond acceptors (Lipinski definition) is 2. The summed E-state index contributed by atoms with van der Waals surface area (Å²) in [6, 6.07) is 88.8. The SMILES string of the molecule is c1ccc(-c2cc(-c3cccc(-c4ccc5c(c4)c4ccccc4c4cccc(-c6ccc7c(c6)-c6ccccc6C76c7ccccc7-c7ccccc76)c45)c3)nc(-c3ccccc3)n2)cc1. The molecule has 0 N–H and O–H groups in total. The third-order valence-corrected chi connectivity index (χ3v) is 14.5. The summed E-state index contributed by atoms with van der Waals surface area (Å²) < 4.78 is 0. The van der Waals surface area contributed by atoms with E-state index in [0.717, 1.165) is 39.2 Å². The molecule has 1 heterocycles. The van der Waals surface area contributed by atoms with Crippen LogP contribution in [0.15, 0.2) is 243 Å². The number of hydrogen-bond donors (Lipinski definition) is 0. The van der Waals surface area contributed by atoms with Crippen molar-refractivity contribution in [2.45, 2.75) is 5.41 Å². The van der Waals surface area contributed by atoms with Gasteiger partial charge in [-0.25, -0.2) is 9.97 Å². The predicted octanol–water partition coefficient (Wildman–Crippen LogP) is 16.6. The lowest BCUT2D eigenvalue weighted by molar-refractivity contribution is 0.794. The molecule has 0 radical (unpaired) electrons. The second kappa shape index (κ2) is 14.7. The van der Waals surface area contributed by atoms with Crippen LogP contribution in [-0.2, 0) is 5.41 Å². The normalized spacial score (nSPS) is 12.9. The van der Waals surface area contributed by atoms with Crippen LogP contribution in [0.2, 0.25) is 0 Å². The van der Waals surface area contributed by atoms with Gasteiger partial charge in [-0.05, 0) is 123 Å². The second-order valence-electron chi connectivity index (χ2n) is 18.0. The van der Waals surface area contributed by atoms with Gasteiger partial charge in [0.15, 0.2) is 5.82 Å². The quantitative estimate of drug-likeness (QED) is 0.161. The highest BCUT2D eigenvalue weighted by atomic mass is 14.9. The van der Waals surface area contributed by atoms with Crippen LogP contribution in [0.5, 0.6) is 0 Å². The number of benzene rings is 11. The molecule has 1 spiro atoms. The maximum Gasteiger partial charge on any atom is 0.160 e. The van der Waals surface area contributed by atoms with Gasteiger partial charge in [0.05, 0.1) is 16.8 Å². The molecule has 2 aliphatic carbocycles. The van der Waals surface area contributed by atoms with Crippen LogP contribution in [0.4, 0.5) is 0 Å². The molecule has 0 aliphatic heterocycles. The van der Waals surface area contributed by atoms with Crippen LogP contribution in [0.1, 0.15) is 22.3 Å². The highest BCUT2D eigenvalue weighted by molar-refractivity contribution is 6.29. The zero-order valence-electron chi connectivity index (χ0n) is 36.5. The lowest BCUT2D eigenvalue weighted by Gasteiger charge is -2.30. The first kappa shape index (κ1) is 37.6. The number of aromatic nitrogens is 2. The van der Waals surface area contributed by atoms with Crippen molar-refractivity contribution in [2.24, 2.45) is 0 Å². The molecule has 2 heteroatoms. The molecule has 0 unspecified atom stereocenters. The van der Waals surface area contributed by atoms with Crippen LogP contribution < -0.4 is 0 Å². The Kier molecular flexibility index (Phi) is 8.23. The highest BCUT2D eigenvalue weighted by Crippen LogP contribution is 2.63. The van der Waals surface area contributed by atoms with E-state index in [1.54, 1.807) is 0 Å². The first-order valence-electron chi connectivity index (χ1n) is 23.1. The van der Waals surface area contributed by atoms with E-state index in [4.69, 9.17) is 9.97 Å². The smallest absolute Gasteiger partial charge is 0.160 e. The third kappa shape index (κ3) is 5.57. The lowest BCUT2D eigenvalue weighted by atomic mass is 9.70. The largest absolute Gasteiger partial charge is 0.228 e. The zero-order chi connectivity index (χ0) is 44.1. The third-order valence-electron chi connectivity index (χ3n) is 14.5. The summed E-state index contributed by atoms with van der Waals surface area (Å²) >= 11 is 0. The fourth-order valence-electron chi connectivity index (χ4n) is 11.6. The Bertz CT molecular complexity index is 3880. The number of nitrogens with zero attached hydrogens (tertiary/aromatic N) is 2. The summed E-state index contributed by atoms with van der Waals surface area (Å²) in [7, 11) is 0. The van der Waals surface area contributed by atoms with E-state index in [1.165, 1.54) is 88.0 Å². The van der Waals surface area contributed by atoms with Gasteiger partial charge in [0.25, 0.3) is 0 Å². The Morgan fingerprint density at radius 2 is 0.701 bits per heavy atom. The molecule has 0 fully saturated rings. The molecule has 0 atom stereocenters. The topological polar surface area (TPSA) is 25.8 Å². The summed E-state index contributed by atoms with van der Waals surface area (Å²) in [4.78, 5) is 10.2. The van der Waals surface area contributed by atoms with Crippen LogP contribution in [0.3, 0.4) is 0 Å². The van der Waals surface area contributed by atoms with Crippen LogP contribution in [0.25, 0.3) is 111 Å². The van der Waals surface area contributed by atoms with Crippen molar-refractivity contribution in [3.8, 4) is 78.4 Å². The molecule has 1 aromatic heterocycles. The molecule has 67 heavy (non-hydrogen) atoms. The van der Waals surface area contributed by atoms with Gasteiger partial charge in [0.1, 0.15) is 0 Å². The summed E-state index contributed by atoms with van der Waals surface area (Å²) in [5.41, 5.74) is 20.0. The minimum absolute atomic E-state index is 0.366. The average Bonchev–Trinajstić information content (AvgIpc) is 3.88. The predicted molar refractivity (Wildman–Crippen MR) is 278 cm³/mol. The summed E-state index contributed by atoms with van der Waals surface area (Å²) in [6.45, 7) is 0. The van der Waals surface area contributed by atoms with Gasteiger partial charge in [0, 0.05) is 16.7 Å². The molecule has 2 nitrogen and oxygen atoms in total. The van der Waals surface area contributed by atoms with E-state index >= 15 is 0 Å². The Balaban J connectivity index is 0.935. The Morgan fingerprint density at radius 3 is 1.40 bits per heavy atom. The van der Waals surface area contributed by atoms with E-state index in [0.29, 0.717) is 5.82 Å². The van der Waals surface area contributed by atoms with Crippen molar-refractivity contribution < 1.29 is 0 Å². The minimum atomic E-state index is -0.366. The van der Waals surface area contributed by atoms with E-state index in [9.17, 15) is 0 Å². The Labute approximate surface area is 389 Å². The number of rotatable bonds is 5. The fraction of sp³-hybridized carbons (Fsp3) is 0.0154. The minimum Gasteiger partial charge on any atom is -0.228 e. The van der Waals surface area contributed by atoms with Crippen molar-refractivity contribution in [2.75, 3.05) is 0 Å². The van der Waals surface area contributed by atoms with E-state index < -0.39 is 0 Å². The van der Waals surface area contributed by atoms with Gasteiger partial charge >= 0.3 is 0 Å². The number of fused-ring (bicyclic) bond motifs is 16. The van der Waals surface area contributed by atoms with Crippen molar-refractivity contribution in [1.82, 2.24) is 9.97 Å². The maximum absolute atomic E-state index is 5.16. The molecular formula is C65H40N2. The van der Waals surface area contributed by atoms with Crippen molar-refractivity contribution in [1.29, 1.82) is 0 Å². The van der Waals surface area contributed by atoms with Crippen molar-refractivity contribution in [3.63, 3.8) is 0 Å². The van der Waals surface area contributed by atoms with E-state index in [1.807, 2.05) is 24.3 Å². The lowest BCUT2D eigenvalue weighted by Crippen LogP contribution is -2.25. The van der Waals surface area contributed by atoms with E-state index in [2.05, 4.69) is 218 Å². The van der Waals surface area contributed by atoms with Crippen LogP contribution in [-0.4, -0.2) is 9.97 Å².